The molecule has 19 heavy (non-hydrogen) atoms. The first-order chi connectivity index (χ1) is 8.70. The van der Waals surface area contributed by atoms with Gasteiger partial charge in [0.05, 0.1) is 0 Å². The molecule has 0 radical (unpaired) electrons. The van der Waals surface area contributed by atoms with Gasteiger partial charge < -0.3 is 0 Å². The Hall–Kier alpha value is -0.680. The quantitative estimate of drug-likeness (QED) is 0.677. The number of carbonyl (C=O) groups is 1. The summed E-state index contributed by atoms with van der Waals surface area (Å²) in [6.45, 7) is 13.1. The highest BCUT2D eigenvalue weighted by molar-refractivity contribution is 7.58. The Labute approximate surface area is 120 Å². The van der Waals surface area contributed by atoms with E-state index in [-0.39, 0.29) is 0 Å². The molecule has 0 aliphatic heterocycles. The minimum Gasteiger partial charge on any atom is -0.289 e. The molecular weight excluding hydrogens is 251 g/mol. The lowest BCUT2D eigenvalue weighted by Gasteiger charge is -2.23. The van der Waals surface area contributed by atoms with Crippen molar-refractivity contribution in [1.82, 2.24) is 0 Å². The highest BCUT2D eigenvalue weighted by Gasteiger charge is 2.17. The van der Waals surface area contributed by atoms with Crippen LogP contribution >= 0.6 is 8.58 Å². The van der Waals surface area contributed by atoms with Crippen molar-refractivity contribution in [3.05, 3.63) is 34.9 Å². The first-order valence-corrected chi connectivity index (χ1v) is 8.26. The fourth-order valence-electron chi connectivity index (χ4n) is 2.65. The molecule has 0 bridgehead atoms. The van der Waals surface area contributed by atoms with Gasteiger partial charge in [-0.25, -0.2) is 0 Å². The largest absolute Gasteiger partial charge is 0.289 e. The zero-order valence-electron chi connectivity index (χ0n) is 13.1. The van der Waals surface area contributed by atoms with Gasteiger partial charge in [0.25, 0.3) is 0 Å². The molecule has 2 atom stereocenters. The van der Waals surface area contributed by atoms with E-state index in [2.05, 4.69) is 27.7 Å². The maximum Gasteiger partial charge on any atom is 0.181 e. The van der Waals surface area contributed by atoms with Crippen LogP contribution in [0.1, 0.15) is 55.6 Å². The van der Waals surface area contributed by atoms with Gasteiger partial charge in [-0.05, 0) is 57.5 Å². The molecule has 1 aromatic rings. The molecule has 0 amide bonds. The lowest BCUT2D eigenvalue weighted by molar-refractivity contribution is 0.108. The molecule has 106 valence electrons. The van der Waals surface area contributed by atoms with Crippen molar-refractivity contribution in [1.29, 1.82) is 0 Å². The Balaban J connectivity index is 2.61. The Morgan fingerprint density at radius 1 is 1.21 bits per heavy atom. The highest BCUT2D eigenvalue weighted by Crippen LogP contribution is 2.31. The summed E-state index contributed by atoms with van der Waals surface area (Å²) in [5.74, 6) is 0.617. The minimum atomic E-state index is 0.330. The standard InChI is InChI=1S/C17H27OP/c1-12(10-17(4,5)6)11-19-16(18)15-13(2)8-7-9-14(15)3/h7-9,12,19H,10-11H2,1-6H3. The average Bonchev–Trinajstić information content (AvgIpc) is 2.23. The molecule has 0 N–H and O–H groups in total. The van der Waals surface area contributed by atoms with Crippen LogP contribution in [0, 0.1) is 25.2 Å². The van der Waals surface area contributed by atoms with Crippen molar-refractivity contribution < 1.29 is 4.79 Å². The normalized spacial score (nSPS) is 14.0. The molecule has 0 saturated carbocycles. The lowest BCUT2D eigenvalue weighted by atomic mass is 9.86. The van der Waals surface area contributed by atoms with Gasteiger partial charge in [-0.2, -0.15) is 0 Å². The number of rotatable bonds is 5. The molecule has 0 fully saturated rings. The summed E-state index contributed by atoms with van der Waals surface area (Å²) in [5.41, 5.74) is 3.85. The number of carbonyl (C=O) groups excluding carboxylic acids is 1. The van der Waals surface area contributed by atoms with Crippen molar-refractivity contribution in [2.24, 2.45) is 11.3 Å². The SMILES string of the molecule is Cc1cccc(C)c1C(=O)PCC(C)CC(C)(C)C. The van der Waals surface area contributed by atoms with Gasteiger partial charge in [0.2, 0.25) is 0 Å². The van der Waals surface area contributed by atoms with Crippen molar-refractivity contribution in [2.45, 2.75) is 48.0 Å². The predicted octanol–water partition coefficient (Wildman–Crippen LogP) is 5.19. The van der Waals surface area contributed by atoms with E-state index in [4.69, 9.17) is 0 Å². The maximum absolute atomic E-state index is 12.4. The van der Waals surface area contributed by atoms with E-state index < -0.39 is 0 Å². The zero-order valence-corrected chi connectivity index (χ0v) is 14.1. The predicted molar refractivity (Wildman–Crippen MR) is 86.7 cm³/mol. The molecule has 1 aromatic carbocycles. The number of hydrogen-bond donors (Lipinski definition) is 0. The smallest absolute Gasteiger partial charge is 0.181 e. The van der Waals surface area contributed by atoms with Crippen molar-refractivity contribution >= 4 is 14.1 Å². The summed E-state index contributed by atoms with van der Waals surface area (Å²) in [6.07, 6.45) is 2.20. The summed E-state index contributed by atoms with van der Waals surface area (Å²) in [4.78, 5) is 12.4. The van der Waals surface area contributed by atoms with Crippen molar-refractivity contribution in [3.8, 4) is 0 Å². The molecule has 1 rings (SSSR count). The molecule has 0 aliphatic carbocycles. The molecule has 0 aromatic heterocycles. The molecule has 0 saturated heterocycles. The van der Waals surface area contributed by atoms with Gasteiger partial charge in [-0.1, -0.05) is 45.9 Å². The topological polar surface area (TPSA) is 17.1 Å². The summed E-state index contributed by atoms with van der Waals surface area (Å²) >= 11 is 0. The van der Waals surface area contributed by atoms with Crippen LogP contribution in [0.5, 0.6) is 0 Å². The van der Waals surface area contributed by atoms with Gasteiger partial charge in [0, 0.05) is 5.56 Å². The number of benzene rings is 1. The van der Waals surface area contributed by atoms with Crippen LogP contribution in [0.25, 0.3) is 0 Å². The second-order valence-electron chi connectivity index (χ2n) is 6.85. The molecule has 0 aliphatic rings. The van der Waals surface area contributed by atoms with Gasteiger partial charge in [0.15, 0.2) is 5.52 Å². The molecule has 1 nitrogen and oxygen atoms in total. The number of hydrogen-bond acceptors (Lipinski definition) is 1. The molecule has 0 spiro atoms. The fraction of sp³-hybridized carbons (Fsp3) is 0.588. The van der Waals surface area contributed by atoms with E-state index in [9.17, 15) is 4.79 Å². The van der Waals surface area contributed by atoms with Crippen LogP contribution in [-0.4, -0.2) is 11.7 Å². The Morgan fingerprint density at radius 2 is 1.74 bits per heavy atom. The summed E-state index contributed by atoms with van der Waals surface area (Å²) < 4.78 is 0. The Kier molecular flexibility index (Phi) is 5.74. The third kappa shape index (κ3) is 5.45. The minimum absolute atomic E-state index is 0.330. The average molecular weight is 278 g/mol. The molecule has 2 unspecified atom stereocenters. The Morgan fingerprint density at radius 3 is 2.21 bits per heavy atom. The molecule has 0 heterocycles. The third-order valence-corrected chi connectivity index (χ3v) is 4.75. The lowest BCUT2D eigenvalue weighted by Crippen LogP contribution is -2.13. The molecular formula is C17H27OP. The number of aryl methyl sites for hydroxylation is 2. The van der Waals surface area contributed by atoms with Crippen LogP contribution in [0.15, 0.2) is 18.2 Å². The van der Waals surface area contributed by atoms with Crippen LogP contribution < -0.4 is 0 Å². The van der Waals surface area contributed by atoms with Crippen LogP contribution in [0.4, 0.5) is 0 Å². The monoisotopic (exact) mass is 278 g/mol. The fourth-order valence-corrected chi connectivity index (χ4v) is 3.89. The second kappa shape index (κ2) is 6.66. The first kappa shape index (κ1) is 16.4. The summed E-state index contributed by atoms with van der Waals surface area (Å²) in [5, 5.41) is 0. The van der Waals surface area contributed by atoms with Crippen LogP contribution in [-0.2, 0) is 0 Å². The second-order valence-corrected chi connectivity index (χ2v) is 8.06. The van der Waals surface area contributed by atoms with Gasteiger partial charge in [0.1, 0.15) is 0 Å². The zero-order chi connectivity index (χ0) is 14.6. The third-order valence-electron chi connectivity index (χ3n) is 3.28. The van der Waals surface area contributed by atoms with Crippen LogP contribution in [0.3, 0.4) is 0 Å². The Bertz CT molecular complexity index is 423. The maximum atomic E-state index is 12.4. The van der Waals surface area contributed by atoms with E-state index in [0.29, 0.717) is 25.4 Å². The van der Waals surface area contributed by atoms with Gasteiger partial charge >= 0.3 is 0 Å². The van der Waals surface area contributed by atoms with E-state index in [1.165, 1.54) is 6.42 Å². The van der Waals surface area contributed by atoms with Gasteiger partial charge in [-0.15, -0.1) is 0 Å². The van der Waals surface area contributed by atoms with Gasteiger partial charge in [-0.3, -0.25) is 4.79 Å². The van der Waals surface area contributed by atoms with E-state index in [1.54, 1.807) is 0 Å². The summed E-state index contributed by atoms with van der Waals surface area (Å²) in [6, 6.07) is 6.08. The van der Waals surface area contributed by atoms with Crippen molar-refractivity contribution in [3.63, 3.8) is 0 Å². The highest BCUT2D eigenvalue weighted by atomic mass is 31.1. The first-order valence-electron chi connectivity index (χ1n) is 7.05. The van der Waals surface area contributed by atoms with E-state index in [1.807, 2.05) is 32.0 Å². The van der Waals surface area contributed by atoms with Crippen LogP contribution in [0.2, 0.25) is 0 Å². The van der Waals surface area contributed by atoms with E-state index >= 15 is 0 Å². The van der Waals surface area contributed by atoms with E-state index in [0.717, 1.165) is 22.9 Å². The summed E-state index contributed by atoms with van der Waals surface area (Å²) in [7, 11) is 0.404. The van der Waals surface area contributed by atoms with Crippen molar-refractivity contribution in [2.75, 3.05) is 6.16 Å². The molecule has 2 heteroatoms.